The number of aryl methyl sites for hydroxylation is 2. The summed E-state index contributed by atoms with van der Waals surface area (Å²) in [4.78, 5) is 7.28. The van der Waals surface area contributed by atoms with Crippen molar-refractivity contribution < 1.29 is 0 Å². The molecule has 0 saturated carbocycles. The number of pyridine rings is 1. The summed E-state index contributed by atoms with van der Waals surface area (Å²) in [7, 11) is 1.93. The van der Waals surface area contributed by atoms with Crippen LogP contribution in [0.15, 0.2) is 24.5 Å². The Morgan fingerprint density at radius 1 is 1.26 bits per heavy atom. The number of hydrogen-bond donors (Lipinski definition) is 0. The Hall–Kier alpha value is -1.84. The van der Waals surface area contributed by atoms with E-state index >= 15 is 0 Å². The number of aromatic nitrogens is 3. The maximum Gasteiger partial charge on any atom is 0.0738 e. The van der Waals surface area contributed by atoms with Crippen LogP contribution in [-0.4, -0.2) is 27.4 Å². The fourth-order valence-corrected chi connectivity index (χ4v) is 2.73. The molecule has 0 aromatic carbocycles. The molecule has 2 aromatic rings. The molecule has 1 aliphatic heterocycles. The fraction of sp³-hybridized carbons (Fsp3) is 0.467. The third kappa shape index (κ3) is 2.23. The molecule has 3 rings (SSSR count). The van der Waals surface area contributed by atoms with E-state index in [1.165, 1.54) is 17.8 Å². The van der Waals surface area contributed by atoms with Crippen LogP contribution in [-0.2, 0) is 13.5 Å². The predicted molar refractivity (Wildman–Crippen MR) is 77.2 cm³/mol. The van der Waals surface area contributed by atoms with Crippen molar-refractivity contribution in [1.82, 2.24) is 14.8 Å². The predicted octanol–water partition coefficient (Wildman–Crippen LogP) is 2.64. The Balaban J connectivity index is 2.00. The molecule has 0 unspecified atom stereocenters. The fourth-order valence-electron chi connectivity index (χ4n) is 2.73. The first-order chi connectivity index (χ1) is 9.15. The molecule has 19 heavy (non-hydrogen) atoms. The lowest BCUT2D eigenvalue weighted by Crippen LogP contribution is -2.35. The third-order valence-electron chi connectivity index (χ3n) is 3.70. The lowest BCUT2D eigenvalue weighted by molar-refractivity contribution is 0.617. The van der Waals surface area contributed by atoms with Crippen LogP contribution in [0.2, 0.25) is 0 Å². The molecule has 1 aliphatic rings. The molecule has 4 nitrogen and oxygen atoms in total. The van der Waals surface area contributed by atoms with Crippen LogP contribution in [0.3, 0.4) is 0 Å². The van der Waals surface area contributed by atoms with Crippen LogP contribution in [0, 0.1) is 0 Å². The van der Waals surface area contributed by atoms with Crippen molar-refractivity contribution in [3.63, 3.8) is 0 Å². The zero-order chi connectivity index (χ0) is 13.4. The van der Waals surface area contributed by atoms with Crippen LogP contribution < -0.4 is 4.90 Å². The van der Waals surface area contributed by atoms with Gasteiger partial charge in [0, 0.05) is 31.4 Å². The zero-order valence-electron chi connectivity index (χ0n) is 11.8. The smallest absolute Gasteiger partial charge is 0.0738 e. The van der Waals surface area contributed by atoms with Crippen molar-refractivity contribution in [2.75, 3.05) is 11.4 Å². The Labute approximate surface area is 114 Å². The largest absolute Gasteiger partial charge is 0.368 e. The second kappa shape index (κ2) is 4.68. The quantitative estimate of drug-likeness (QED) is 0.828. The van der Waals surface area contributed by atoms with Gasteiger partial charge in [0.2, 0.25) is 0 Å². The lowest BCUT2D eigenvalue weighted by Gasteiger charge is -2.34. The van der Waals surface area contributed by atoms with Gasteiger partial charge in [0.25, 0.3) is 0 Å². The van der Waals surface area contributed by atoms with Crippen molar-refractivity contribution in [2.45, 2.75) is 32.7 Å². The van der Waals surface area contributed by atoms with E-state index in [2.05, 4.69) is 36.0 Å². The first-order valence-corrected chi connectivity index (χ1v) is 6.91. The van der Waals surface area contributed by atoms with Gasteiger partial charge in [0.05, 0.1) is 23.3 Å². The number of hydrogen-bond acceptors (Lipinski definition) is 3. The van der Waals surface area contributed by atoms with Crippen LogP contribution in [0.1, 0.15) is 26.0 Å². The Morgan fingerprint density at radius 2 is 2.11 bits per heavy atom. The van der Waals surface area contributed by atoms with Gasteiger partial charge in [-0.2, -0.15) is 5.10 Å². The standard InChI is InChI=1S/C15H20N4/c1-11(2)19-8-4-5-14-15(19)7-6-13(17-14)12-9-16-18(3)10-12/h6-7,9-11H,4-5,8H2,1-3H3. The molecule has 2 aromatic heterocycles. The second-order valence-corrected chi connectivity index (χ2v) is 5.46. The van der Waals surface area contributed by atoms with Crippen molar-refractivity contribution in [3.05, 3.63) is 30.2 Å². The Kier molecular flexibility index (Phi) is 3.01. The van der Waals surface area contributed by atoms with Crippen molar-refractivity contribution >= 4 is 5.69 Å². The lowest BCUT2D eigenvalue weighted by atomic mass is 10.0. The summed E-state index contributed by atoms with van der Waals surface area (Å²) in [6.07, 6.45) is 6.15. The van der Waals surface area contributed by atoms with Gasteiger partial charge in [0.1, 0.15) is 0 Å². The topological polar surface area (TPSA) is 34.0 Å². The van der Waals surface area contributed by atoms with Gasteiger partial charge in [-0.1, -0.05) is 0 Å². The van der Waals surface area contributed by atoms with Gasteiger partial charge >= 0.3 is 0 Å². The summed E-state index contributed by atoms with van der Waals surface area (Å²) in [5, 5.41) is 4.21. The summed E-state index contributed by atoms with van der Waals surface area (Å²) in [6, 6.07) is 4.85. The summed E-state index contributed by atoms with van der Waals surface area (Å²) < 4.78 is 1.82. The monoisotopic (exact) mass is 256 g/mol. The van der Waals surface area contributed by atoms with Gasteiger partial charge < -0.3 is 4.90 Å². The van der Waals surface area contributed by atoms with Gasteiger partial charge in [-0.05, 0) is 38.8 Å². The average Bonchev–Trinajstić information content (AvgIpc) is 2.84. The minimum absolute atomic E-state index is 0.532. The summed E-state index contributed by atoms with van der Waals surface area (Å²) in [5.74, 6) is 0. The van der Waals surface area contributed by atoms with Crippen molar-refractivity contribution in [2.24, 2.45) is 7.05 Å². The Morgan fingerprint density at radius 3 is 2.79 bits per heavy atom. The minimum Gasteiger partial charge on any atom is -0.368 e. The maximum atomic E-state index is 4.83. The molecule has 0 bridgehead atoms. The second-order valence-electron chi connectivity index (χ2n) is 5.46. The summed E-state index contributed by atoms with van der Waals surface area (Å²) in [5.41, 5.74) is 4.64. The minimum atomic E-state index is 0.532. The molecule has 0 aliphatic carbocycles. The Bertz CT molecular complexity index is 586. The molecule has 0 amide bonds. The number of fused-ring (bicyclic) bond motifs is 1. The summed E-state index contributed by atoms with van der Waals surface area (Å²) in [6.45, 7) is 5.62. The molecule has 4 heteroatoms. The zero-order valence-corrected chi connectivity index (χ0v) is 11.8. The summed E-state index contributed by atoms with van der Waals surface area (Å²) >= 11 is 0. The molecule has 3 heterocycles. The van der Waals surface area contributed by atoms with Crippen LogP contribution in [0.4, 0.5) is 5.69 Å². The molecule has 0 saturated heterocycles. The van der Waals surface area contributed by atoms with E-state index in [4.69, 9.17) is 4.98 Å². The number of nitrogens with zero attached hydrogens (tertiary/aromatic N) is 4. The SMILES string of the molecule is CC(C)N1CCCc2nc(-c3cnn(C)c3)ccc21. The van der Waals surface area contributed by atoms with Crippen molar-refractivity contribution in [3.8, 4) is 11.3 Å². The van der Waals surface area contributed by atoms with Gasteiger partial charge in [-0.3, -0.25) is 9.67 Å². The normalized spacial score (nSPS) is 14.8. The molecule has 0 N–H and O–H groups in total. The highest BCUT2D eigenvalue weighted by Crippen LogP contribution is 2.29. The first kappa shape index (κ1) is 12.2. The average molecular weight is 256 g/mol. The van der Waals surface area contributed by atoms with Crippen molar-refractivity contribution in [1.29, 1.82) is 0 Å². The van der Waals surface area contributed by atoms with Crippen LogP contribution in [0.25, 0.3) is 11.3 Å². The highest BCUT2D eigenvalue weighted by molar-refractivity contribution is 5.63. The van der Waals surface area contributed by atoms with E-state index in [-0.39, 0.29) is 0 Å². The highest BCUT2D eigenvalue weighted by atomic mass is 15.2. The molecule has 0 spiro atoms. The molecule has 0 radical (unpaired) electrons. The molecule has 0 atom stereocenters. The number of anilines is 1. The molecule has 100 valence electrons. The number of rotatable bonds is 2. The molecule has 0 fully saturated rings. The third-order valence-corrected chi connectivity index (χ3v) is 3.70. The van der Waals surface area contributed by atoms with E-state index in [1.54, 1.807) is 0 Å². The van der Waals surface area contributed by atoms with E-state index in [0.29, 0.717) is 6.04 Å². The van der Waals surface area contributed by atoms with E-state index in [1.807, 2.05) is 24.1 Å². The van der Waals surface area contributed by atoms with Gasteiger partial charge in [-0.25, -0.2) is 0 Å². The van der Waals surface area contributed by atoms with Crippen LogP contribution in [0.5, 0.6) is 0 Å². The van der Waals surface area contributed by atoms with E-state index in [9.17, 15) is 0 Å². The molecular weight excluding hydrogens is 236 g/mol. The first-order valence-electron chi connectivity index (χ1n) is 6.91. The van der Waals surface area contributed by atoms with Gasteiger partial charge in [-0.15, -0.1) is 0 Å². The van der Waals surface area contributed by atoms with E-state index in [0.717, 1.165) is 24.2 Å². The van der Waals surface area contributed by atoms with Crippen LogP contribution >= 0.6 is 0 Å². The maximum absolute atomic E-state index is 4.83. The highest BCUT2D eigenvalue weighted by Gasteiger charge is 2.20. The van der Waals surface area contributed by atoms with E-state index < -0.39 is 0 Å². The molecular formula is C15H20N4. The van der Waals surface area contributed by atoms with Gasteiger partial charge in [0.15, 0.2) is 0 Å².